The second-order valence-corrected chi connectivity index (χ2v) is 5.83. The van der Waals surface area contributed by atoms with Crippen molar-refractivity contribution < 1.29 is 14.4 Å². The molecule has 0 spiro atoms. The number of carbonyl (C=O) groups is 3. The fourth-order valence-electron chi connectivity index (χ4n) is 2.69. The van der Waals surface area contributed by atoms with Crippen LogP contribution in [0.2, 0.25) is 0 Å². The standard InChI is InChI=1S/C16H22N4O3/c1-11(21)20-8-7-19(10-14(20)15(17)22)16(23)12-5-4-6-13(9-12)18(2)3/h4-6,9,14H,7-8,10H2,1-3H3,(H2,17,22). The van der Waals surface area contributed by atoms with Crippen molar-refractivity contribution in [1.29, 1.82) is 0 Å². The van der Waals surface area contributed by atoms with Crippen molar-refractivity contribution in [3.05, 3.63) is 29.8 Å². The lowest BCUT2D eigenvalue weighted by Crippen LogP contribution is -2.60. The number of hydrogen-bond donors (Lipinski definition) is 1. The van der Waals surface area contributed by atoms with Gasteiger partial charge in [0.05, 0.1) is 6.54 Å². The van der Waals surface area contributed by atoms with Crippen LogP contribution in [0, 0.1) is 0 Å². The van der Waals surface area contributed by atoms with Crippen molar-refractivity contribution in [1.82, 2.24) is 9.80 Å². The highest BCUT2D eigenvalue weighted by atomic mass is 16.2. The number of hydrogen-bond acceptors (Lipinski definition) is 4. The van der Waals surface area contributed by atoms with Gasteiger partial charge in [0.25, 0.3) is 5.91 Å². The Hall–Kier alpha value is -2.57. The molecule has 0 aliphatic carbocycles. The molecular weight excluding hydrogens is 296 g/mol. The number of piperazine rings is 1. The molecule has 1 aliphatic heterocycles. The first-order valence-electron chi connectivity index (χ1n) is 7.44. The SMILES string of the molecule is CC(=O)N1CCN(C(=O)c2cccc(N(C)C)c2)CC1C(N)=O. The van der Waals surface area contributed by atoms with E-state index in [0.717, 1.165) is 5.69 Å². The second-order valence-electron chi connectivity index (χ2n) is 5.83. The number of anilines is 1. The van der Waals surface area contributed by atoms with Crippen molar-refractivity contribution in [3.8, 4) is 0 Å². The third-order valence-corrected chi connectivity index (χ3v) is 4.01. The quantitative estimate of drug-likeness (QED) is 0.844. The zero-order valence-corrected chi connectivity index (χ0v) is 13.7. The Labute approximate surface area is 135 Å². The van der Waals surface area contributed by atoms with Crippen LogP contribution < -0.4 is 10.6 Å². The molecule has 7 heteroatoms. The molecule has 1 saturated heterocycles. The molecule has 1 unspecified atom stereocenters. The maximum Gasteiger partial charge on any atom is 0.254 e. The van der Waals surface area contributed by atoms with Crippen LogP contribution in [-0.4, -0.2) is 67.3 Å². The zero-order chi connectivity index (χ0) is 17.1. The number of nitrogens with two attached hydrogens (primary N) is 1. The Morgan fingerprint density at radius 2 is 1.91 bits per heavy atom. The van der Waals surface area contributed by atoms with Crippen LogP contribution in [0.25, 0.3) is 0 Å². The number of primary amides is 1. The van der Waals surface area contributed by atoms with Crippen LogP contribution >= 0.6 is 0 Å². The normalized spacial score (nSPS) is 17.8. The molecule has 0 radical (unpaired) electrons. The summed E-state index contributed by atoms with van der Waals surface area (Å²) in [6.07, 6.45) is 0. The molecule has 1 atom stereocenters. The van der Waals surface area contributed by atoms with E-state index >= 15 is 0 Å². The number of benzene rings is 1. The Balaban J connectivity index is 2.19. The van der Waals surface area contributed by atoms with Crippen molar-refractivity contribution in [2.75, 3.05) is 38.6 Å². The number of nitrogens with zero attached hydrogens (tertiary/aromatic N) is 3. The molecule has 124 valence electrons. The highest BCUT2D eigenvalue weighted by Crippen LogP contribution is 2.17. The van der Waals surface area contributed by atoms with Gasteiger partial charge in [-0.3, -0.25) is 14.4 Å². The summed E-state index contributed by atoms with van der Waals surface area (Å²) in [4.78, 5) is 40.8. The minimum absolute atomic E-state index is 0.125. The van der Waals surface area contributed by atoms with Crippen LogP contribution in [0.5, 0.6) is 0 Å². The van der Waals surface area contributed by atoms with Gasteiger partial charge < -0.3 is 20.4 Å². The number of carbonyl (C=O) groups excluding carboxylic acids is 3. The lowest BCUT2D eigenvalue weighted by atomic mass is 10.1. The smallest absolute Gasteiger partial charge is 0.254 e. The van der Waals surface area contributed by atoms with Gasteiger partial charge in [-0.15, -0.1) is 0 Å². The first-order valence-corrected chi connectivity index (χ1v) is 7.44. The summed E-state index contributed by atoms with van der Waals surface area (Å²) >= 11 is 0. The number of rotatable bonds is 3. The highest BCUT2D eigenvalue weighted by Gasteiger charge is 2.34. The molecule has 23 heavy (non-hydrogen) atoms. The van der Waals surface area contributed by atoms with E-state index in [1.807, 2.05) is 31.1 Å². The lowest BCUT2D eigenvalue weighted by molar-refractivity contribution is -0.140. The molecule has 3 amide bonds. The van der Waals surface area contributed by atoms with Gasteiger partial charge in [-0.05, 0) is 18.2 Å². The van der Waals surface area contributed by atoms with E-state index in [9.17, 15) is 14.4 Å². The van der Waals surface area contributed by atoms with Crippen molar-refractivity contribution >= 4 is 23.4 Å². The summed E-state index contributed by atoms with van der Waals surface area (Å²) in [5.41, 5.74) is 6.86. The van der Waals surface area contributed by atoms with E-state index < -0.39 is 11.9 Å². The fraction of sp³-hybridized carbons (Fsp3) is 0.438. The maximum absolute atomic E-state index is 12.7. The van der Waals surface area contributed by atoms with E-state index in [1.54, 1.807) is 17.0 Å². The molecule has 2 N–H and O–H groups in total. The van der Waals surface area contributed by atoms with Crippen molar-refractivity contribution in [2.45, 2.75) is 13.0 Å². The predicted octanol–water partition coefficient (Wildman–Crippen LogP) is -0.0892. The largest absolute Gasteiger partial charge is 0.378 e. The third-order valence-electron chi connectivity index (χ3n) is 4.01. The van der Waals surface area contributed by atoms with Crippen molar-refractivity contribution in [2.24, 2.45) is 5.73 Å². The molecule has 0 saturated carbocycles. The van der Waals surface area contributed by atoms with E-state index in [0.29, 0.717) is 18.7 Å². The summed E-state index contributed by atoms with van der Waals surface area (Å²) in [5, 5.41) is 0. The van der Waals surface area contributed by atoms with Gasteiger partial charge in [-0.2, -0.15) is 0 Å². The Kier molecular flexibility index (Phi) is 4.88. The zero-order valence-electron chi connectivity index (χ0n) is 13.7. The molecule has 7 nitrogen and oxygen atoms in total. The van der Waals surface area contributed by atoms with Gasteiger partial charge in [0.2, 0.25) is 11.8 Å². The molecule has 2 rings (SSSR count). The minimum atomic E-state index is -0.776. The van der Waals surface area contributed by atoms with Gasteiger partial charge in [-0.25, -0.2) is 0 Å². The van der Waals surface area contributed by atoms with Gasteiger partial charge in [0, 0.05) is 45.4 Å². The number of amides is 3. The maximum atomic E-state index is 12.7. The van der Waals surface area contributed by atoms with E-state index in [4.69, 9.17) is 5.73 Å². The predicted molar refractivity (Wildman–Crippen MR) is 87.0 cm³/mol. The molecule has 1 aromatic rings. The average molecular weight is 318 g/mol. The second kappa shape index (κ2) is 6.68. The van der Waals surface area contributed by atoms with E-state index in [-0.39, 0.29) is 18.4 Å². The molecule has 1 aromatic carbocycles. The first-order chi connectivity index (χ1) is 10.8. The Morgan fingerprint density at radius 1 is 1.22 bits per heavy atom. The van der Waals surface area contributed by atoms with E-state index in [1.165, 1.54) is 11.8 Å². The van der Waals surface area contributed by atoms with Crippen molar-refractivity contribution in [3.63, 3.8) is 0 Å². The Bertz CT molecular complexity index is 630. The summed E-state index contributed by atoms with van der Waals surface area (Å²) in [6.45, 7) is 2.21. The summed E-state index contributed by atoms with van der Waals surface area (Å²) in [5.74, 6) is -0.974. The van der Waals surface area contributed by atoms with Crippen LogP contribution in [-0.2, 0) is 9.59 Å². The lowest BCUT2D eigenvalue weighted by Gasteiger charge is -2.39. The summed E-state index contributed by atoms with van der Waals surface area (Å²) < 4.78 is 0. The first kappa shape index (κ1) is 16.8. The average Bonchev–Trinajstić information content (AvgIpc) is 2.53. The third kappa shape index (κ3) is 3.61. The molecule has 0 bridgehead atoms. The van der Waals surface area contributed by atoms with Crippen LogP contribution in [0.3, 0.4) is 0 Å². The monoisotopic (exact) mass is 318 g/mol. The van der Waals surface area contributed by atoms with Gasteiger partial charge in [0.15, 0.2) is 0 Å². The highest BCUT2D eigenvalue weighted by molar-refractivity contribution is 5.96. The fourth-order valence-corrected chi connectivity index (χ4v) is 2.69. The molecular formula is C16H22N4O3. The molecule has 1 aliphatic rings. The van der Waals surface area contributed by atoms with Crippen LogP contribution in [0.15, 0.2) is 24.3 Å². The van der Waals surface area contributed by atoms with Crippen LogP contribution in [0.4, 0.5) is 5.69 Å². The molecule has 0 aromatic heterocycles. The summed E-state index contributed by atoms with van der Waals surface area (Å²) in [7, 11) is 3.80. The van der Waals surface area contributed by atoms with Gasteiger partial charge in [-0.1, -0.05) is 6.07 Å². The summed E-state index contributed by atoms with van der Waals surface area (Å²) in [6, 6.07) is 6.50. The topological polar surface area (TPSA) is 87.0 Å². The Morgan fingerprint density at radius 3 is 2.48 bits per heavy atom. The van der Waals surface area contributed by atoms with E-state index in [2.05, 4.69) is 0 Å². The van der Waals surface area contributed by atoms with Gasteiger partial charge >= 0.3 is 0 Å². The van der Waals surface area contributed by atoms with Gasteiger partial charge in [0.1, 0.15) is 6.04 Å². The molecule has 1 heterocycles. The minimum Gasteiger partial charge on any atom is -0.378 e. The van der Waals surface area contributed by atoms with Crippen LogP contribution in [0.1, 0.15) is 17.3 Å². The molecule has 1 fully saturated rings.